The first-order chi connectivity index (χ1) is 8.24. The van der Waals surface area contributed by atoms with E-state index in [2.05, 4.69) is 9.88 Å². The number of aromatic nitrogens is 1. The number of pyridine rings is 1. The van der Waals surface area contributed by atoms with Crippen LogP contribution in [0.1, 0.15) is 18.4 Å². The second-order valence-electron chi connectivity index (χ2n) is 4.24. The second kappa shape index (κ2) is 5.67. The normalized spacial score (nSPS) is 20.6. The quantitative estimate of drug-likeness (QED) is 0.897. The highest BCUT2D eigenvalue weighted by atomic mass is 35.5. The van der Waals surface area contributed by atoms with Crippen molar-refractivity contribution in [1.82, 2.24) is 4.98 Å². The van der Waals surface area contributed by atoms with E-state index in [1.165, 1.54) is 0 Å². The molecule has 0 aromatic carbocycles. The van der Waals surface area contributed by atoms with Gasteiger partial charge in [-0.1, -0.05) is 11.6 Å². The highest BCUT2D eigenvalue weighted by molar-refractivity contribution is 6.31. The maximum absolute atomic E-state index is 9.18. The summed E-state index contributed by atoms with van der Waals surface area (Å²) in [5, 5.41) is 9.69. The van der Waals surface area contributed by atoms with E-state index in [1.807, 2.05) is 6.07 Å². The largest absolute Gasteiger partial charge is 0.392 e. The average Bonchev–Trinajstić information content (AvgIpc) is 2.39. The Hall–Kier alpha value is -0.840. The number of methoxy groups -OCH3 is 1. The van der Waals surface area contributed by atoms with E-state index in [0.29, 0.717) is 5.02 Å². The van der Waals surface area contributed by atoms with Gasteiger partial charge in [-0.3, -0.25) is 0 Å². The summed E-state index contributed by atoms with van der Waals surface area (Å²) in [7, 11) is 1.74. The van der Waals surface area contributed by atoms with E-state index in [0.717, 1.165) is 37.3 Å². The Balaban J connectivity index is 2.16. The van der Waals surface area contributed by atoms with E-state index in [9.17, 15) is 5.11 Å². The second-order valence-corrected chi connectivity index (χ2v) is 4.65. The molecule has 2 heterocycles. The molecule has 1 aromatic rings. The Morgan fingerprint density at radius 3 is 3.18 bits per heavy atom. The summed E-state index contributed by atoms with van der Waals surface area (Å²) in [5.41, 5.74) is 0.719. The lowest BCUT2D eigenvalue weighted by molar-refractivity contribution is 0.0891. The molecule has 1 N–H and O–H groups in total. The molecule has 0 aliphatic carbocycles. The van der Waals surface area contributed by atoms with E-state index >= 15 is 0 Å². The van der Waals surface area contributed by atoms with Crippen molar-refractivity contribution in [2.24, 2.45) is 0 Å². The average molecular weight is 257 g/mol. The van der Waals surface area contributed by atoms with Gasteiger partial charge < -0.3 is 14.7 Å². The van der Waals surface area contributed by atoms with E-state index < -0.39 is 0 Å². The minimum atomic E-state index is -0.0596. The third kappa shape index (κ3) is 2.89. The lowest BCUT2D eigenvalue weighted by atomic mass is 10.1. The number of ether oxygens (including phenoxy) is 1. The molecule has 1 aliphatic rings. The number of anilines is 1. The van der Waals surface area contributed by atoms with Crippen LogP contribution in [-0.2, 0) is 11.3 Å². The summed E-state index contributed by atoms with van der Waals surface area (Å²) >= 11 is 5.93. The van der Waals surface area contributed by atoms with Crippen molar-refractivity contribution in [3.05, 3.63) is 22.8 Å². The maximum atomic E-state index is 9.18. The van der Waals surface area contributed by atoms with Crippen LogP contribution in [0.5, 0.6) is 0 Å². The third-order valence-electron chi connectivity index (χ3n) is 3.13. The Morgan fingerprint density at radius 1 is 1.65 bits per heavy atom. The Kier molecular flexibility index (Phi) is 4.20. The minimum absolute atomic E-state index is 0.0596. The fraction of sp³-hybridized carbons (Fsp3) is 0.583. The first kappa shape index (κ1) is 12.6. The standard InChI is InChI=1S/C12H17ClN2O2/c1-17-10-3-2-4-15(7-10)12-5-9(8-16)11(13)6-14-12/h5-6,10,16H,2-4,7-8H2,1H3. The molecule has 1 fully saturated rings. The van der Waals surface area contributed by atoms with Crippen LogP contribution in [0.4, 0.5) is 5.82 Å². The van der Waals surface area contributed by atoms with Crippen molar-refractivity contribution in [3.63, 3.8) is 0 Å². The Bertz CT molecular complexity index is 387. The van der Waals surface area contributed by atoms with Crippen LogP contribution < -0.4 is 4.90 Å². The van der Waals surface area contributed by atoms with Crippen LogP contribution in [0.15, 0.2) is 12.3 Å². The predicted molar refractivity (Wildman–Crippen MR) is 67.4 cm³/mol. The van der Waals surface area contributed by atoms with Gasteiger partial charge in [0, 0.05) is 32.0 Å². The van der Waals surface area contributed by atoms with Crippen LogP contribution in [0.25, 0.3) is 0 Å². The molecule has 1 saturated heterocycles. The summed E-state index contributed by atoms with van der Waals surface area (Å²) < 4.78 is 5.38. The highest BCUT2D eigenvalue weighted by Crippen LogP contribution is 2.23. The number of hydrogen-bond donors (Lipinski definition) is 1. The van der Waals surface area contributed by atoms with Crippen molar-refractivity contribution in [2.75, 3.05) is 25.1 Å². The number of piperidine rings is 1. The van der Waals surface area contributed by atoms with Crippen LogP contribution in [-0.4, -0.2) is 36.4 Å². The summed E-state index contributed by atoms with van der Waals surface area (Å²) in [6.45, 7) is 1.76. The molecule has 1 aliphatic heterocycles. The molecule has 1 unspecified atom stereocenters. The molecule has 4 nitrogen and oxygen atoms in total. The van der Waals surface area contributed by atoms with E-state index in [4.69, 9.17) is 16.3 Å². The molecule has 1 aromatic heterocycles. The smallest absolute Gasteiger partial charge is 0.129 e. The summed E-state index contributed by atoms with van der Waals surface area (Å²) in [5.74, 6) is 0.861. The number of aliphatic hydroxyl groups excluding tert-OH is 1. The predicted octanol–water partition coefficient (Wildman–Crippen LogP) is 1.84. The van der Waals surface area contributed by atoms with Gasteiger partial charge in [0.2, 0.25) is 0 Å². The van der Waals surface area contributed by atoms with Crippen LogP contribution in [0.3, 0.4) is 0 Å². The van der Waals surface area contributed by atoms with Crippen molar-refractivity contribution >= 4 is 17.4 Å². The van der Waals surface area contributed by atoms with Crippen LogP contribution >= 0.6 is 11.6 Å². The fourth-order valence-electron chi connectivity index (χ4n) is 2.10. The maximum Gasteiger partial charge on any atom is 0.129 e. The Morgan fingerprint density at radius 2 is 2.47 bits per heavy atom. The zero-order valence-electron chi connectivity index (χ0n) is 9.90. The molecule has 0 amide bonds. The molecule has 0 spiro atoms. The van der Waals surface area contributed by atoms with Gasteiger partial charge in [0.05, 0.1) is 17.7 Å². The van der Waals surface area contributed by atoms with Gasteiger partial charge in [-0.2, -0.15) is 0 Å². The van der Waals surface area contributed by atoms with Gasteiger partial charge in [-0.05, 0) is 18.9 Å². The van der Waals surface area contributed by atoms with Gasteiger partial charge in [0.15, 0.2) is 0 Å². The molecule has 1 atom stereocenters. The van der Waals surface area contributed by atoms with Gasteiger partial charge >= 0.3 is 0 Å². The molecule has 94 valence electrons. The van der Waals surface area contributed by atoms with Crippen molar-refractivity contribution < 1.29 is 9.84 Å². The lowest BCUT2D eigenvalue weighted by Gasteiger charge is -2.33. The first-order valence-electron chi connectivity index (χ1n) is 5.77. The van der Waals surface area contributed by atoms with Crippen LogP contribution in [0, 0.1) is 0 Å². The molecule has 0 bridgehead atoms. The van der Waals surface area contributed by atoms with Crippen molar-refractivity contribution in [3.8, 4) is 0 Å². The van der Waals surface area contributed by atoms with Crippen LogP contribution in [0.2, 0.25) is 5.02 Å². The number of hydrogen-bond acceptors (Lipinski definition) is 4. The first-order valence-corrected chi connectivity index (χ1v) is 6.15. The fourth-order valence-corrected chi connectivity index (χ4v) is 2.26. The summed E-state index contributed by atoms with van der Waals surface area (Å²) in [6, 6.07) is 1.85. The van der Waals surface area contributed by atoms with Gasteiger partial charge in [-0.25, -0.2) is 4.98 Å². The summed E-state index contributed by atoms with van der Waals surface area (Å²) in [6.07, 6.45) is 4.04. The lowest BCUT2D eigenvalue weighted by Crippen LogP contribution is -2.39. The minimum Gasteiger partial charge on any atom is -0.392 e. The van der Waals surface area contributed by atoms with Crippen molar-refractivity contribution in [2.45, 2.75) is 25.6 Å². The zero-order valence-corrected chi connectivity index (χ0v) is 10.7. The topological polar surface area (TPSA) is 45.6 Å². The zero-order chi connectivity index (χ0) is 12.3. The van der Waals surface area contributed by atoms with Gasteiger partial charge in [0.25, 0.3) is 0 Å². The van der Waals surface area contributed by atoms with E-state index in [-0.39, 0.29) is 12.7 Å². The highest BCUT2D eigenvalue weighted by Gasteiger charge is 2.20. The monoisotopic (exact) mass is 256 g/mol. The number of rotatable bonds is 3. The molecule has 0 saturated carbocycles. The van der Waals surface area contributed by atoms with Gasteiger partial charge in [0.1, 0.15) is 5.82 Å². The Labute approximate surface area is 106 Å². The third-order valence-corrected chi connectivity index (χ3v) is 3.47. The number of halogens is 1. The number of nitrogens with zero attached hydrogens (tertiary/aromatic N) is 2. The van der Waals surface area contributed by atoms with Gasteiger partial charge in [-0.15, -0.1) is 0 Å². The molecular formula is C12H17ClN2O2. The molecule has 17 heavy (non-hydrogen) atoms. The SMILES string of the molecule is COC1CCCN(c2cc(CO)c(Cl)cn2)C1. The number of aliphatic hydroxyl groups is 1. The molecule has 5 heteroatoms. The van der Waals surface area contributed by atoms with E-state index in [1.54, 1.807) is 13.3 Å². The molecule has 0 radical (unpaired) electrons. The summed E-state index contributed by atoms with van der Waals surface area (Å²) in [4.78, 5) is 6.48. The molecule has 2 rings (SSSR count). The van der Waals surface area contributed by atoms with Crippen molar-refractivity contribution in [1.29, 1.82) is 0 Å². The molecular weight excluding hydrogens is 240 g/mol.